The van der Waals surface area contributed by atoms with Gasteiger partial charge in [0.15, 0.2) is 0 Å². The number of likely N-dealkylation sites (N-methyl/N-ethyl adjacent to an activating group) is 1. The molecule has 0 saturated heterocycles. The minimum atomic E-state index is -0.730. The first kappa shape index (κ1) is 12.7. The molecule has 0 fully saturated rings. The van der Waals surface area contributed by atoms with E-state index in [0.717, 1.165) is 17.5 Å². The molecule has 0 aromatic heterocycles. The van der Waals surface area contributed by atoms with Crippen LogP contribution >= 0.6 is 0 Å². The molecule has 0 bridgehead atoms. The summed E-state index contributed by atoms with van der Waals surface area (Å²) in [5, 5.41) is 9.72. The van der Waals surface area contributed by atoms with Crippen LogP contribution in [0.4, 0.5) is 5.69 Å². The molecule has 0 spiro atoms. The number of carbonyl (C=O) groups excluding carboxylic acids is 1. The van der Waals surface area contributed by atoms with Gasteiger partial charge in [-0.2, -0.15) is 0 Å². The summed E-state index contributed by atoms with van der Waals surface area (Å²) in [6.07, 6.45) is 0.856. The highest BCUT2D eigenvalue weighted by molar-refractivity contribution is 5.78. The molecule has 0 amide bonds. The number of benzene rings is 1. The molecule has 1 aromatic carbocycles. The minimum Gasteiger partial charge on any atom is -0.389 e. The molecule has 1 N–H and O–H groups in total. The van der Waals surface area contributed by atoms with Gasteiger partial charge in [-0.25, -0.2) is 0 Å². The number of anilines is 1. The van der Waals surface area contributed by atoms with Gasteiger partial charge in [0.05, 0.1) is 5.60 Å². The third-order valence-corrected chi connectivity index (χ3v) is 2.45. The standard InChI is InChI=1S/C13H19NO2/c1-10-7-12(6-5-11(10)8-15)14(4)9-13(2,3)16/h5-8,16H,9H2,1-4H3. The largest absolute Gasteiger partial charge is 0.389 e. The van der Waals surface area contributed by atoms with E-state index < -0.39 is 5.60 Å². The summed E-state index contributed by atoms with van der Waals surface area (Å²) in [4.78, 5) is 12.7. The van der Waals surface area contributed by atoms with Gasteiger partial charge < -0.3 is 10.0 Å². The van der Waals surface area contributed by atoms with Crippen molar-refractivity contribution in [2.75, 3.05) is 18.5 Å². The molecule has 1 aromatic rings. The van der Waals surface area contributed by atoms with Crippen LogP contribution in [0.5, 0.6) is 0 Å². The SMILES string of the molecule is Cc1cc(N(C)CC(C)(C)O)ccc1C=O. The lowest BCUT2D eigenvalue weighted by molar-refractivity contribution is 0.0886. The van der Waals surface area contributed by atoms with Crippen LogP contribution < -0.4 is 4.90 Å². The Morgan fingerprint density at radius 1 is 1.44 bits per heavy atom. The molecule has 0 aliphatic carbocycles. The molecule has 0 aliphatic heterocycles. The first-order valence-electron chi connectivity index (χ1n) is 5.33. The summed E-state index contributed by atoms with van der Waals surface area (Å²) in [5.74, 6) is 0. The van der Waals surface area contributed by atoms with Gasteiger partial charge in [0.1, 0.15) is 6.29 Å². The first-order chi connectivity index (χ1) is 7.33. The Bertz CT molecular complexity index is 380. The second kappa shape index (κ2) is 4.66. The second-order valence-corrected chi connectivity index (χ2v) is 4.83. The maximum atomic E-state index is 10.7. The number of carbonyl (C=O) groups is 1. The Morgan fingerprint density at radius 3 is 2.50 bits per heavy atom. The molecular formula is C13H19NO2. The Labute approximate surface area is 96.7 Å². The number of aliphatic hydroxyl groups is 1. The number of rotatable bonds is 4. The van der Waals surface area contributed by atoms with Gasteiger partial charge in [0.25, 0.3) is 0 Å². The Balaban J connectivity index is 2.89. The van der Waals surface area contributed by atoms with E-state index in [1.165, 1.54) is 0 Å². The predicted molar refractivity (Wildman–Crippen MR) is 66.1 cm³/mol. The van der Waals surface area contributed by atoms with Gasteiger partial charge in [-0.3, -0.25) is 4.79 Å². The van der Waals surface area contributed by atoms with E-state index in [1.54, 1.807) is 19.9 Å². The molecule has 0 unspecified atom stereocenters. The Morgan fingerprint density at radius 2 is 2.06 bits per heavy atom. The van der Waals surface area contributed by atoms with Crippen molar-refractivity contribution in [1.29, 1.82) is 0 Å². The molecule has 88 valence electrons. The van der Waals surface area contributed by atoms with E-state index in [0.29, 0.717) is 12.1 Å². The summed E-state index contributed by atoms with van der Waals surface area (Å²) >= 11 is 0. The molecule has 1 rings (SSSR count). The fourth-order valence-corrected chi connectivity index (χ4v) is 1.70. The summed E-state index contributed by atoms with van der Waals surface area (Å²) < 4.78 is 0. The minimum absolute atomic E-state index is 0.548. The molecule has 3 heteroatoms. The van der Waals surface area contributed by atoms with E-state index in [1.807, 2.05) is 31.0 Å². The molecular weight excluding hydrogens is 202 g/mol. The Hall–Kier alpha value is -1.35. The van der Waals surface area contributed by atoms with E-state index >= 15 is 0 Å². The molecule has 0 aliphatic rings. The Kier molecular flexibility index (Phi) is 3.70. The van der Waals surface area contributed by atoms with Crippen LogP contribution in [0.3, 0.4) is 0 Å². The van der Waals surface area contributed by atoms with Crippen molar-refractivity contribution < 1.29 is 9.90 Å². The molecule has 0 heterocycles. The van der Waals surface area contributed by atoms with Crippen LogP contribution in [0.25, 0.3) is 0 Å². The molecule has 0 atom stereocenters. The average molecular weight is 221 g/mol. The second-order valence-electron chi connectivity index (χ2n) is 4.83. The summed E-state index contributed by atoms with van der Waals surface area (Å²) in [6, 6.07) is 5.65. The highest BCUT2D eigenvalue weighted by atomic mass is 16.3. The topological polar surface area (TPSA) is 40.5 Å². The van der Waals surface area contributed by atoms with Crippen LogP contribution in [0.2, 0.25) is 0 Å². The first-order valence-corrected chi connectivity index (χ1v) is 5.33. The lowest BCUT2D eigenvalue weighted by Crippen LogP contribution is -2.36. The number of aryl methyl sites for hydroxylation is 1. The number of hydrogen-bond acceptors (Lipinski definition) is 3. The van der Waals surface area contributed by atoms with Crippen molar-refractivity contribution in [3.63, 3.8) is 0 Å². The fraction of sp³-hybridized carbons (Fsp3) is 0.462. The zero-order valence-corrected chi connectivity index (χ0v) is 10.3. The smallest absolute Gasteiger partial charge is 0.150 e. The van der Waals surface area contributed by atoms with E-state index in [9.17, 15) is 9.90 Å². The third kappa shape index (κ3) is 3.35. The predicted octanol–water partition coefficient (Wildman–Crippen LogP) is 2.01. The fourth-order valence-electron chi connectivity index (χ4n) is 1.70. The van der Waals surface area contributed by atoms with Crippen molar-refractivity contribution >= 4 is 12.0 Å². The van der Waals surface area contributed by atoms with Crippen LogP contribution in [0, 0.1) is 6.92 Å². The molecule has 0 radical (unpaired) electrons. The maximum absolute atomic E-state index is 10.7. The van der Waals surface area contributed by atoms with Gasteiger partial charge in [-0.15, -0.1) is 0 Å². The quantitative estimate of drug-likeness (QED) is 0.791. The number of hydrogen-bond donors (Lipinski definition) is 1. The third-order valence-electron chi connectivity index (χ3n) is 2.45. The van der Waals surface area contributed by atoms with Crippen molar-refractivity contribution in [2.24, 2.45) is 0 Å². The molecule has 0 saturated carbocycles. The van der Waals surface area contributed by atoms with Crippen molar-refractivity contribution in [3.05, 3.63) is 29.3 Å². The van der Waals surface area contributed by atoms with Crippen molar-refractivity contribution in [3.8, 4) is 0 Å². The molecule has 3 nitrogen and oxygen atoms in total. The van der Waals surface area contributed by atoms with Gasteiger partial charge >= 0.3 is 0 Å². The highest BCUT2D eigenvalue weighted by Crippen LogP contribution is 2.19. The highest BCUT2D eigenvalue weighted by Gasteiger charge is 2.16. The lowest BCUT2D eigenvalue weighted by atomic mass is 10.1. The van der Waals surface area contributed by atoms with Gasteiger partial charge in [0, 0.05) is 24.8 Å². The zero-order valence-electron chi connectivity index (χ0n) is 10.3. The zero-order chi connectivity index (χ0) is 12.3. The van der Waals surface area contributed by atoms with Crippen LogP contribution in [0.1, 0.15) is 29.8 Å². The van der Waals surface area contributed by atoms with E-state index in [2.05, 4.69) is 0 Å². The van der Waals surface area contributed by atoms with E-state index in [-0.39, 0.29) is 0 Å². The summed E-state index contributed by atoms with van der Waals surface area (Å²) in [7, 11) is 1.92. The normalized spacial score (nSPS) is 11.3. The number of nitrogens with zero attached hydrogens (tertiary/aromatic N) is 1. The average Bonchev–Trinajstić information content (AvgIpc) is 2.15. The van der Waals surface area contributed by atoms with Crippen molar-refractivity contribution in [1.82, 2.24) is 0 Å². The molecule has 16 heavy (non-hydrogen) atoms. The van der Waals surface area contributed by atoms with Crippen LogP contribution in [-0.4, -0.2) is 30.6 Å². The van der Waals surface area contributed by atoms with Gasteiger partial charge in [0.2, 0.25) is 0 Å². The summed E-state index contributed by atoms with van der Waals surface area (Å²) in [6.45, 7) is 6.00. The van der Waals surface area contributed by atoms with Crippen molar-refractivity contribution in [2.45, 2.75) is 26.4 Å². The monoisotopic (exact) mass is 221 g/mol. The van der Waals surface area contributed by atoms with Crippen LogP contribution in [0.15, 0.2) is 18.2 Å². The number of aldehydes is 1. The van der Waals surface area contributed by atoms with E-state index in [4.69, 9.17) is 0 Å². The van der Waals surface area contributed by atoms with Gasteiger partial charge in [-0.1, -0.05) is 0 Å². The van der Waals surface area contributed by atoms with Crippen LogP contribution in [-0.2, 0) is 0 Å². The van der Waals surface area contributed by atoms with Gasteiger partial charge in [-0.05, 0) is 44.5 Å². The lowest BCUT2D eigenvalue weighted by Gasteiger charge is -2.27. The summed E-state index contributed by atoms with van der Waals surface area (Å²) in [5.41, 5.74) is 1.94. The maximum Gasteiger partial charge on any atom is 0.150 e.